The molecule has 0 aliphatic carbocycles. The highest BCUT2D eigenvalue weighted by molar-refractivity contribution is 7.48. The normalized spacial score (nSPS) is 12.8. The van der Waals surface area contributed by atoms with Crippen LogP contribution in [0.4, 0.5) is 0 Å². The number of carbonyl (C=O) groups is 1. The van der Waals surface area contributed by atoms with Crippen molar-refractivity contribution in [3.8, 4) is 0 Å². The largest absolute Gasteiger partial charge is 0.331 e. The molecule has 0 spiro atoms. The molecule has 0 N–H and O–H groups in total. The lowest BCUT2D eigenvalue weighted by molar-refractivity contribution is 0.0939. The summed E-state index contributed by atoms with van der Waals surface area (Å²) in [5, 5.41) is 0.641. The number of benzene rings is 1. The second-order valence-electron chi connectivity index (χ2n) is 3.59. The van der Waals surface area contributed by atoms with Crippen molar-refractivity contribution in [1.29, 1.82) is 0 Å². The summed E-state index contributed by atoms with van der Waals surface area (Å²) in [5.74, 6) is 0.0777. The van der Waals surface area contributed by atoms with E-state index in [0.717, 1.165) is 0 Å². The van der Waals surface area contributed by atoms with Gasteiger partial charge in [-0.2, -0.15) is 0 Å². The van der Waals surface area contributed by atoms with Crippen LogP contribution in [0.1, 0.15) is 24.2 Å². The smallest absolute Gasteiger partial charge is 0.220 e. The maximum Gasteiger partial charge on any atom is 0.220 e. The summed E-state index contributed by atoms with van der Waals surface area (Å²) >= 11 is 0. The molecule has 0 bridgehead atoms. The molecule has 0 aliphatic rings. The second-order valence-corrected chi connectivity index (χ2v) is 5.15. The summed E-state index contributed by atoms with van der Waals surface area (Å²) in [6.07, 6.45) is 0. The van der Waals surface area contributed by atoms with Gasteiger partial charge in [-0.05, 0) is 12.1 Å². The zero-order valence-corrected chi connectivity index (χ0v) is 10.1. The van der Waals surface area contributed by atoms with Crippen LogP contribution >= 0.6 is 8.03 Å². The van der Waals surface area contributed by atoms with Gasteiger partial charge in [0, 0.05) is 23.9 Å². The minimum absolute atomic E-state index is 0.0182. The molecule has 0 saturated carbocycles. The van der Waals surface area contributed by atoms with Crippen molar-refractivity contribution in [2.24, 2.45) is 5.92 Å². The predicted octanol–water partition coefficient (Wildman–Crippen LogP) is 2.27. The number of hydrogen-bond donors (Lipinski definition) is 0. The van der Waals surface area contributed by atoms with E-state index in [1.165, 1.54) is 7.11 Å². The highest BCUT2D eigenvalue weighted by Crippen LogP contribution is 2.19. The van der Waals surface area contributed by atoms with Gasteiger partial charge in [-0.3, -0.25) is 9.36 Å². The van der Waals surface area contributed by atoms with E-state index in [-0.39, 0.29) is 11.7 Å². The van der Waals surface area contributed by atoms with Crippen molar-refractivity contribution in [1.82, 2.24) is 0 Å². The minimum atomic E-state index is -2.13. The standard InChI is InChI=1S/C11H15O3P/c1-8(2)11(12)9-4-6-10(7-5-9)15(13)14-3/h4-8,15H,1-3H3. The summed E-state index contributed by atoms with van der Waals surface area (Å²) in [4.78, 5) is 11.6. The van der Waals surface area contributed by atoms with Gasteiger partial charge < -0.3 is 4.52 Å². The van der Waals surface area contributed by atoms with Gasteiger partial charge >= 0.3 is 0 Å². The van der Waals surface area contributed by atoms with E-state index in [9.17, 15) is 9.36 Å². The van der Waals surface area contributed by atoms with E-state index in [0.29, 0.717) is 10.9 Å². The molecule has 0 fully saturated rings. The Labute approximate surface area is 90.3 Å². The van der Waals surface area contributed by atoms with Crippen LogP contribution in [0.15, 0.2) is 24.3 Å². The maximum absolute atomic E-state index is 11.6. The van der Waals surface area contributed by atoms with Gasteiger partial charge in [0.1, 0.15) is 0 Å². The van der Waals surface area contributed by atoms with Crippen LogP contribution in [-0.2, 0) is 9.09 Å². The fraction of sp³-hybridized carbons (Fsp3) is 0.364. The fourth-order valence-electron chi connectivity index (χ4n) is 1.22. The average molecular weight is 226 g/mol. The van der Waals surface area contributed by atoms with Gasteiger partial charge in [-0.15, -0.1) is 0 Å². The number of ketones is 1. The van der Waals surface area contributed by atoms with Crippen LogP contribution < -0.4 is 5.30 Å². The molecular weight excluding hydrogens is 211 g/mol. The van der Waals surface area contributed by atoms with Crippen molar-refractivity contribution >= 4 is 19.1 Å². The summed E-state index contributed by atoms with van der Waals surface area (Å²) in [6.45, 7) is 3.71. The Morgan fingerprint density at radius 2 is 1.80 bits per heavy atom. The quantitative estimate of drug-likeness (QED) is 0.584. The Bertz CT molecular complexity index is 368. The molecule has 82 valence electrons. The third-order valence-electron chi connectivity index (χ3n) is 2.11. The molecule has 0 aliphatic heterocycles. The van der Waals surface area contributed by atoms with Crippen LogP contribution in [0.25, 0.3) is 0 Å². The van der Waals surface area contributed by atoms with Crippen LogP contribution in [-0.4, -0.2) is 12.9 Å². The molecule has 0 amide bonds. The summed E-state index contributed by atoms with van der Waals surface area (Å²) in [5.41, 5.74) is 0.652. The monoisotopic (exact) mass is 226 g/mol. The molecule has 1 atom stereocenters. The Balaban J connectivity index is 2.90. The van der Waals surface area contributed by atoms with Crippen LogP contribution in [0.3, 0.4) is 0 Å². The molecule has 1 aromatic carbocycles. The van der Waals surface area contributed by atoms with Gasteiger partial charge in [-0.1, -0.05) is 26.0 Å². The van der Waals surface area contributed by atoms with E-state index in [1.54, 1.807) is 24.3 Å². The molecule has 1 aromatic rings. The van der Waals surface area contributed by atoms with E-state index in [2.05, 4.69) is 0 Å². The molecule has 1 rings (SSSR count). The summed E-state index contributed by atoms with van der Waals surface area (Å²) in [6, 6.07) is 6.75. The minimum Gasteiger partial charge on any atom is -0.331 e. The molecular formula is C11H15O3P. The summed E-state index contributed by atoms with van der Waals surface area (Å²) in [7, 11) is -0.718. The van der Waals surface area contributed by atoms with E-state index in [1.807, 2.05) is 13.8 Å². The lowest BCUT2D eigenvalue weighted by Gasteiger charge is -2.05. The van der Waals surface area contributed by atoms with Crippen molar-refractivity contribution in [3.63, 3.8) is 0 Å². The first-order valence-electron chi connectivity index (χ1n) is 4.79. The van der Waals surface area contributed by atoms with Crippen LogP contribution in [0.5, 0.6) is 0 Å². The second kappa shape index (κ2) is 5.24. The third-order valence-corrected chi connectivity index (χ3v) is 3.29. The SMILES string of the molecule is CO[PH](=O)c1ccc(C(=O)C(C)C)cc1. The van der Waals surface area contributed by atoms with Crippen molar-refractivity contribution in [2.75, 3.05) is 7.11 Å². The van der Waals surface area contributed by atoms with Crippen LogP contribution in [0.2, 0.25) is 0 Å². The number of carbonyl (C=O) groups excluding carboxylic acids is 1. The van der Waals surface area contributed by atoms with Crippen molar-refractivity contribution < 1.29 is 13.9 Å². The van der Waals surface area contributed by atoms with E-state index in [4.69, 9.17) is 4.52 Å². The Kier molecular flexibility index (Phi) is 4.25. The number of hydrogen-bond acceptors (Lipinski definition) is 3. The zero-order chi connectivity index (χ0) is 11.4. The third kappa shape index (κ3) is 3.01. The lowest BCUT2D eigenvalue weighted by Crippen LogP contribution is -2.08. The highest BCUT2D eigenvalue weighted by atomic mass is 31.1. The predicted molar refractivity (Wildman–Crippen MR) is 61.3 cm³/mol. The molecule has 1 unspecified atom stereocenters. The van der Waals surface area contributed by atoms with E-state index < -0.39 is 8.03 Å². The van der Waals surface area contributed by atoms with Gasteiger partial charge in [0.25, 0.3) is 0 Å². The number of rotatable bonds is 4. The van der Waals surface area contributed by atoms with E-state index >= 15 is 0 Å². The van der Waals surface area contributed by atoms with Gasteiger partial charge in [0.15, 0.2) is 5.78 Å². The average Bonchev–Trinajstić information content (AvgIpc) is 2.27. The Hall–Kier alpha value is -0.920. The Morgan fingerprint density at radius 3 is 2.20 bits per heavy atom. The fourth-order valence-corrected chi connectivity index (χ4v) is 1.90. The van der Waals surface area contributed by atoms with Gasteiger partial charge in [-0.25, -0.2) is 0 Å². The zero-order valence-electron chi connectivity index (χ0n) is 9.11. The number of Topliss-reactive ketones (excluding diaryl/α,β-unsaturated/α-hetero) is 1. The molecule has 0 saturated heterocycles. The van der Waals surface area contributed by atoms with Crippen LogP contribution in [0, 0.1) is 5.92 Å². The highest BCUT2D eigenvalue weighted by Gasteiger charge is 2.10. The summed E-state index contributed by atoms with van der Waals surface area (Å²) < 4.78 is 16.1. The van der Waals surface area contributed by atoms with Gasteiger partial charge in [0.05, 0.1) is 0 Å². The maximum atomic E-state index is 11.6. The first kappa shape index (κ1) is 12.2. The topological polar surface area (TPSA) is 43.4 Å². The lowest BCUT2D eigenvalue weighted by atomic mass is 10.0. The molecule has 0 radical (unpaired) electrons. The molecule has 3 nitrogen and oxygen atoms in total. The van der Waals surface area contributed by atoms with Crippen molar-refractivity contribution in [2.45, 2.75) is 13.8 Å². The van der Waals surface area contributed by atoms with Gasteiger partial charge in [0.2, 0.25) is 8.03 Å². The molecule has 0 aromatic heterocycles. The molecule has 4 heteroatoms. The molecule has 15 heavy (non-hydrogen) atoms. The first-order valence-corrected chi connectivity index (χ1v) is 6.10. The van der Waals surface area contributed by atoms with Crippen molar-refractivity contribution in [3.05, 3.63) is 29.8 Å². The first-order chi connectivity index (χ1) is 7.06. The molecule has 0 heterocycles. The Morgan fingerprint density at radius 1 is 1.27 bits per heavy atom.